The Morgan fingerprint density at radius 2 is 1.92 bits per heavy atom. The standard InChI is InChI=1S/C17H23BrN4O3.HI/c1-3-19-17(22-6-4-21(5-7-22)12(2)23)20-10-13-8-14(18)16-15(9-13)24-11-25-16;/h8-9H,3-7,10-11H2,1-2H3,(H,19,20);1H. The van der Waals surface area contributed by atoms with E-state index in [1.165, 1.54) is 0 Å². The van der Waals surface area contributed by atoms with Gasteiger partial charge in [-0.25, -0.2) is 4.99 Å². The van der Waals surface area contributed by atoms with Crippen LogP contribution in [0.15, 0.2) is 21.6 Å². The third-order valence-corrected chi connectivity index (χ3v) is 4.85. The number of hydrogen-bond acceptors (Lipinski definition) is 4. The average Bonchev–Trinajstić information content (AvgIpc) is 3.08. The van der Waals surface area contributed by atoms with E-state index in [9.17, 15) is 4.79 Å². The highest BCUT2D eigenvalue weighted by Crippen LogP contribution is 2.40. The topological polar surface area (TPSA) is 66.4 Å². The lowest BCUT2D eigenvalue weighted by molar-refractivity contribution is -0.130. The molecule has 2 heterocycles. The molecule has 2 aliphatic heterocycles. The van der Waals surface area contributed by atoms with Gasteiger partial charge in [0.05, 0.1) is 11.0 Å². The number of carbonyl (C=O) groups is 1. The summed E-state index contributed by atoms with van der Waals surface area (Å²) in [5.41, 5.74) is 1.05. The fraction of sp³-hybridized carbons (Fsp3) is 0.529. The van der Waals surface area contributed by atoms with E-state index in [1.807, 2.05) is 17.0 Å². The highest BCUT2D eigenvalue weighted by atomic mass is 127. The molecule has 1 N–H and O–H groups in total. The van der Waals surface area contributed by atoms with Crippen LogP contribution in [-0.2, 0) is 11.3 Å². The van der Waals surface area contributed by atoms with Crippen molar-refractivity contribution < 1.29 is 14.3 Å². The van der Waals surface area contributed by atoms with Crippen molar-refractivity contribution in [3.63, 3.8) is 0 Å². The van der Waals surface area contributed by atoms with Crippen LogP contribution in [0, 0.1) is 0 Å². The Morgan fingerprint density at radius 1 is 1.23 bits per heavy atom. The van der Waals surface area contributed by atoms with Crippen molar-refractivity contribution in [1.82, 2.24) is 15.1 Å². The molecule has 2 aliphatic rings. The average molecular weight is 539 g/mol. The number of piperazine rings is 1. The van der Waals surface area contributed by atoms with Gasteiger partial charge >= 0.3 is 0 Å². The van der Waals surface area contributed by atoms with Crippen LogP contribution in [0.5, 0.6) is 11.5 Å². The fourth-order valence-corrected chi connectivity index (χ4v) is 3.54. The molecule has 0 saturated carbocycles. The van der Waals surface area contributed by atoms with Crippen molar-refractivity contribution in [1.29, 1.82) is 0 Å². The molecule has 0 spiro atoms. The van der Waals surface area contributed by atoms with Gasteiger partial charge in [0, 0.05) is 39.6 Å². The predicted molar refractivity (Wildman–Crippen MR) is 114 cm³/mol. The van der Waals surface area contributed by atoms with Gasteiger partial charge < -0.3 is 24.6 Å². The van der Waals surface area contributed by atoms with Crippen molar-refractivity contribution in [2.75, 3.05) is 39.5 Å². The van der Waals surface area contributed by atoms with E-state index in [-0.39, 0.29) is 36.7 Å². The SMILES string of the molecule is CCNC(=NCc1cc(Br)c2c(c1)OCO2)N1CCN(C(C)=O)CC1.I. The minimum atomic E-state index is 0. The molecule has 9 heteroatoms. The summed E-state index contributed by atoms with van der Waals surface area (Å²) in [6.07, 6.45) is 0. The summed E-state index contributed by atoms with van der Waals surface area (Å²) < 4.78 is 11.8. The molecule has 1 fully saturated rings. The minimum absolute atomic E-state index is 0. The van der Waals surface area contributed by atoms with Crippen molar-refractivity contribution in [2.24, 2.45) is 4.99 Å². The normalized spacial score (nSPS) is 16.3. The molecule has 1 aromatic carbocycles. The summed E-state index contributed by atoms with van der Waals surface area (Å²) in [5.74, 6) is 2.51. The molecule has 1 aromatic rings. The number of fused-ring (bicyclic) bond motifs is 1. The first-order valence-electron chi connectivity index (χ1n) is 8.45. The van der Waals surface area contributed by atoms with Crippen molar-refractivity contribution >= 4 is 51.8 Å². The van der Waals surface area contributed by atoms with Gasteiger partial charge in [-0.2, -0.15) is 0 Å². The molecule has 1 saturated heterocycles. The smallest absolute Gasteiger partial charge is 0.231 e. The number of nitrogens with one attached hydrogen (secondary N) is 1. The number of aliphatic imine (C=N–C) groups is 1. The Morgan fingerprint density at radius 3 is 2.58 bits per heavy atom. The van der Waals surface area contributed by atoms with Crippen LogP contribution in [-0.4, -0.2) is 61.2 Å². The van der Waals surface area contributed by atoms with Gasteiger partial charge in [0.1, 0.15) is 0 Å². The van der Waals surface area contributed by atoms with E-state index in [4.69, 9.17) is 14.5 Å². The van der Waals surface area contributed by atoms with Gasteiger partial charge in [0.2, 0.25) is 12.7 Å². The Balaban J connectivity index is 0.00000243. The first-order chi connectivity index (χ1) is 12.1. The zero-order valence-electron chi connectivity index (χ0n) is 15.0. The van der Waals surface area contributed by atoms with Crippen LogP contribution in [0.1, 0.15) is 19.4 Å². The number of benzene rings is 1. The minimum Gasteiger partial charge on any atom is -0.454 e. The first kappa shape index (κ1) is 21.1. The summed E-state index contributed by atoms with van der Waals surface area (Å²) in [7, 11) is 0. The molecule has 7 nitrogen and oxygen atoms in total. The third kappa shape index (κ3) is 4.93. The van der Waals surface area contributed by atoms with E-state index in [2.05, 4.69) is 33.1 Å². The number of halogens is 2. The number of nitrogens with zero attached hydrogens (tertiary/aromatic N) is 3. The molecular weight excluding hydrogens is 515 g/mol. The van der Waals surface area contributed by atoms with Gasteiger partial charge in [-0.15, -0.1) is 24.0 Å². The molecule has 0 aromatic heterocycles. The highest BCUT2D eigenvalue weighted by Gasteiger charge is 2.21. The Hall–Kier alpha value is -1.23. The molecule has 0 bridgehead atoms. The van der Waals surface area contributed by atoms with Crippen molar-refractivity contribution in [2.45, 2.75) is 20.4 Å². The van der Waals surface area contributed by atoms with E-state index < -0.39 is 0 Å². The summed E-state index contributed by atoms with van der Waals surface area (Å²) in [6.45, 7) is 8.31. The second kappa shape index (κ2) is 9.63. The van der Waals surface area contributed by atoms with Gasteiger partial charge in [0.15, 0.2) is 17.5 Å². The van der Waals surface area contributed by atoms with E-state index in [0.717, 1.165) is 60.2 Å². The maximum atomic E-state index is 11.5. The van der Waals surface area contributed by atoms with Crippen LogP contribution in [0.3, 0.4) is 0 Å². The van der Waals surface area contributed by atoms with E-state index >= 15 is 0 Å². The summed E-state index contributed by atoms with van der Waals surface area (Å²) >= 11 is 3.52. The Labute approximate surface area is 179 Å². The van der Waals surface area contributed by atoms with Gasteiger partial charge in [-0.3, -0.25) is 4.79 Å². The zero-order chi connectivity index (χ0) is 17.8. The van der Waals surface area contributed by atoms with Crippen LogP contribution < -0.4 is 14.8 Å². The van der Waals surface area contributed by atoms with E-state index in [1.54, 1.807) is 6.92 Å². The first-order valence-corrected chi connectivity index (χ1v) is 9.24. The third-order valence-electron chi connectivity index (χ3n) is 4.26. The summed E-state index contributed by atoms with van der Waals surface area (Å²) in [5, 5.41) is 3.34. The fourth-order valence-electron chi connectivity index (χ4n) is 2.94. The molecular formula is C17H24BrIN4O3. The number of guanidine groups is 1. The highest BCUT2D eigenvalue weighted by molar-refractivity contribution is 14.0. The molecule has 0 aliphatic carbocycles. The second-order valence-electron chi connectivity index (χ2n) is 5.97. The Kier molecular flexibility index (Phi) is 7.81. The van der Waals surface area contributed by atoms with E-state index in [0.29, 0.717) is 6.54 Å². The molecule has 1 amide bonds. The number of amides is 1. The summed E-state index contributed by atoms with van der Waals surface area (Å²) in [6, 6.07) is 3.97. The van der Waals surface area contributed by atoms with Crippen molar-refractivity contribution in [3.05, 3.63) is 22.2 Å². The van der Waals surface area contributed by atoms with Crippen LogP contribution in [0.2, 0.25) is 0 Å². The van der Waals surface area contributed by atoms with Crippen LogP contribution >= 0.6 is 39.9 Å². The number of hydrogen-bond donors (Lipinski definition) is 1. The molecule has 0 atom stereocenters. The summed E-state index contributed by atoms with van der Waals surface area (Å²) in [4.78, 5) is 20.3. The molecule has 0 unspecified atom stereocenters. The predicted octanol–water partition coefficient (Wildman–Crippen LogP) is 2.43. The van der Waals surface area contributed by atoms with Gasteiger partial charge in [0.25, 0.3) is 0 Å². The van der Waals surface area contributed by atoms with Crippen molar-refractivity contribution in [3.8, 4) is 11.5 Å². The lowest BCUT2D eigenvalue weighted by atomic mass is 10.2. The monoisotopic (exact) mass is 538 g/mol. The quantitative estimate of drug-likeness (QED) is 0.364. The number of carbonyl (C=O) groups excluding carboxylic acids is 1. The number of rotatable bonds is 3. The lowest BCUT2D eigenvalue weighted by Crippen LogP contribution is -2.53. The lowest BCUT2D eigenvalue weighted by Gasteiger charge is -2.36. The molecule has 3 rings (SSSR count). The Bertz CT molecular complexity index is 678. The maximum absolute atomic E-state index is 11.5. The van der Waals surface area contributed by atoms with Gasteiger partial charge in [-0.1, -0.05) is 0 Å². The number of ether oxygens (including phenoxy) is 2. The second-order valence-corrected chi connectivity index (χ2v) is 6.83. The molecule has 26 heavy (non-hydrogen) atoms. The zero-order valence-corrected chi connectivity index (χ0v) is 18.9. The molecule has 144 valence electrons. The largest absolute Gasteiger partial charge is 0.454 e. The van der Waals surface area contributed by atoms with Crippen LogP contribution in [0.25, 0.3) is 0 Å². The maximum Gasteiger partial charge on any atom is 0.231 e. The molecule has 0 radical (unpaired) electrons. The van der Waals surface area contributed by atoms with Gasteiger partial charge in [-0.05, 0) is 40.5 Å². The van der Waals surface area contributed by atoms with Crippen LogP contribution in [0.4, 0.5) is 0 Å².